The Morgan fingerprint density at radius 2 is 1.68 bits per heavy atom. The van der Waals surface area contributed by atoms with Gasteiger partial charge in [-0.15, -0.1) is 0 Å². The van der Waals surface area contributed by atoms with Gasteiger partial charge in [0.05, 0.1) is 11.1 Å². The first kappa shape index (κ1) is 21.6. The van der Waals surface area contributed by atoms with E-state index < -0.39 is 5.41 Å². The monoisotopic (exact) mass is 432 g/mol. The van der Waals surface area contributed by atoms with Gasteiger partial charge in [0, 0.05) is 23.2 Å². The van der Waals surface area contributed by atoms with Crippen LogP contribution in [-0.4, -0.2) is 16.9 Å². The van der Waals surface area contributed by atoms with Crippen LogP contribution in [0.25, 0.3) is 0 Å². The molecule has 160 valence electrons. The molecule has 31 heavy (non-hydrogen) atoms. The highest BCUT2D eigenvalue weighted by atomic mass is 35.5. The number of halogens is 1. The summed E-state index contributed by atoms with van der Waals surface area (Å²) in [5.74, 6) is 0.266. The lowest BCUT2D eigenvalue weighted by Gasteiger charge is -2.32. The van der Waals surface area contributed by atoms with Crippen molar-refractivity contribution in [2.24, 2.45) is 0 Å². The quantitative estimate of drug-likeness (QED) is 0.491. The summed E-state index contributed by atoms with van der Waals surface area (Å²) in [5, 5.41) is 4.12. The molecule has 1 saturated carbocycles. The molecular formula is C27H29ClN2O. The molecule has 3 nitrogen and oxygen atoms in total. The lowest BCUT2D eigenvalue weighted by molar-refractivity contribution is -0.127. The Balaban J connectivity index is 1.58. The summed E-state index contributed by atoms with van der Waals surface area (Å²) in [6.45, 7) is 2.12. The van der Waals surface area contributed by atoms with E-state index in [4.69, 9.17) is 11.6 Å². The van der Waals surface area contributed by atoms with Crippen LogP contribution in [0.2, 0.25) is 5.02 Å². The van der Waals surface area contributed by atoms with Crippen molar-refractivity contribution in [3.63, 3.8) is 0 Å². The van der Waals surface area contributed by atoms with Crippen molar-refractivity contribution in [1.29, 1.82) is 0 Å². The van der Waals surface area contributed by atoms with Gasteiger partial charge in [-0.25, -0.2) is 0 Å². The van der Waals surface area contributed by atoms with Gasteiger partial charge in [-0.1, -0.05) is 73.0 Å². The van der Waals surface area contributed by atoms with Crippen molar-refractivity contribution in [3.8, 4) is 0 Å². The van der Waals surface area contributed by atoms with E-state index >= 15 is 0 Å². The predicted molar refractivity (Wildman–Crippen MR) is 126 cm³/mol. The first-order chi connectivity index (χ1) is 15.1. The van der Waals surface area contributed by atoms with Crippen LogP contribution >= 0.6 is 11.6 Å². The van der Waals surface area contributed by atoms with Gasteiger partial charge in [0.1, 0.15) is 0 Å². The molecule has 0 aliphatic heterocycles. The van der Waals surface area contributed by atoms with E-state index in [2.05, 4.69) is 53.6 Å². The molecule has 1 aliphatic carbocycles. The molecule has 4 heteroatoms. The van der Waals surface area contributed by atoms with Crippen LogP contribution in [0.3, 0.4) is 0 Å². The van der Waals surface area contributed by atoms with Gasteiger partial charge in [0.25, 0.3) is 0 Å². The minimum absolute atomic E-state index is 0.0215. The molecule has 1 aliphatic rings. The molecule has 0 radical (unpaired) electrons. The number of pyridine rings is 1. The van der Waals surface area contributed by atoms with Crippen molar-refractivity contribution in [2.75, 3.05) is 0 Å². The molecule has 2 aromatic carbocycles. The molecule has 0 bridgehead atoms. The van der Waals surface area contributed by atoms with Crippen LogP contribution in [0.15, 0.2) is 79.0 Å². The highest BCUT2D eigenvalue weighted by Crippen LogP contribution is 2.41. The summed E-state index contributed by atoms with van der Waals surface area (Å²) in [6, 6.07) is 24.3. The topological polar surface area (TPSA) is 42.0 Å². The van der Waals surface area contributed by atoms with Crippen LogP contribution in [-0.2, 0) is 16.6 Å². The van der Waals surface area contributed by atoms with Gasteiger partial charge in [-0.3, -0.25) is 9.78 Å². The van der Waals surface area contributed by atoms with E-state index in [0.717, 1.165) is 42.8 Å². The second-order valence-electron chi connectivity index (χ2n) is 8.61. The van der Waals surface area contributed by atoms with E-state index in [1.54, 1.807) is 6.20 Å². The van der Waals surface area contributed by atoms with E-state index in [1.807, 2.05) is 36.4 Å². The fraction of sp³-hybridized carbons (Fsp3) is 0.333. The largest absolute Gasteiger partial charge is 0.352 e. The normalized spacial score (nSPS) is 17.1. The summed E-state index contributed by atoms with van der Waals surface area (Å²) in [5.41, 5.74) is 2.81. The average Bonchev–Trinajstić information content (AvgIpc) is 3.31. The molecule has 1 fully saturated rings. The van der Waals surface area contributed by atoms with E-state index in [9.17, 15) is 4.79 Å². The molecule has 2 atom stereocenters. The maximum Gasteiger partial charge on any atom is 0.232 e. The number of carbonyl (C=O) groups excluding carboxylic acids is 1. The van der Waals surface area contributed by atoms with Crippen LogP contribution in [0.5, 0.6) is 0 Å². The Bertz CT molecular complexity index is 983. The fourth-order valence-electron chi connectivity index (χ4n) is 4.83. The van der Waals surface area contributed by atoms with Crippen molar-refractivity contribution >= 4 is 17.5 Å². The van der Waals surface area contributed by atoms with Crippen LogP contribution < -0.4 is 5.32 Å². The third-order valence-corrected chi connectivity index (χ3v) is 6.86. The van der Waals surface area contributed by atoms with Gasteiger partial charge in [-0.05, 0) is 61.6 Å². The summed E-state index contributed by atoms with van der Waals surface area (Å²) in [4.78, 5) is 18.2. The maximum absolute atomic E-state index is 13.6. The van der Waals surface area contributed by atoms with Crippen molar-refractivity contribution in [3.05, 3.63) is 101 Å². The Kier molecular flexibility index (Phi) is 6.72. The van der Waals surface area contributed by atoms with Gasteiger partial charge >= 0.3 is 0 Å². The highest BCUT2D eigenvalue weighted by Gasteiger charge is 2.44. The minimum atomic E-state index is -0.517. The molecule has 0 saturated heterocycles. The van der Waals surface area contributed by atoms with Crippen LogP contribution in [0.4, 0.5) is 0 Å². The zero-order chi connectivity index (χ0) is 21.7. The summed E-state index contributed by atoms with van der Waals surface area (Å²) < 4.78 is 0. The number of aromatic nitrogens is 1. The predicted octanol–water partition coefficient (Wildman–Crippen LogP) is 6.08. The fourth-order valence-corrected chi connectivity index (χ4v) is 4.95. The SMILES string of the molecule is CC(NC(=O)C1(c2ccccn2)CCCC1)C(Cc1ccc(Cl)cc1)c1ccccc1. The number of nitrogens with one attached hydrogen (secondary N) is 1. The number of hydrogen-bond donors (Lipinski definition) is 1. The minimum Gasteiger partial charge on any atom is -0.352 e. The molecule has 1 aromatic heterocycles. The summed E-state index contributed by atoms with van der Waals surface area (Å²) in [6.07, 6.45) is 6.46. The molecule has 1 heterocycles. The number of nitrogens with zero attached hydrogens (tertiary/aromatic N) is 1. The van der Waals surface area contributed by atoms with Crippen LogP contribution in [0, 0.1) is 0 Å². The Morgan fingerprint density at radius 1 is 1.00 bits per heavy atom. The Hall–Kier alpha value is -2.65. The summed E-state index contributed by atoms with van der Waals surface area (Å²) in [7, 11) is 0. The molecule has 4 rings (SSSR count). The number of amides is 1. The molecule has 0 spiro atoms. The van der Waals surface area contributed by atoms with Crippen LogP contribution in [0.1, 0.15) is 55.3 Å². The second-order valence-corrected chi connectivity index (χ2v) is 9.05. The Morgan fingerprint density at radius 3 is 2.32 bits per heavy atom. The standard InChI is InChI=1S/C27H29ClN2O/c1-20(30-26(31)27(16-6-7-17-27)25-11-5-8-18-29-25)24(22-9-3-2-4-10-22)19-21-12-14-23(28)15-13-21/h2-5,8-15,18,20,24H,6-7,16-17,19H2,1H3,(H,30,31). The zero-order valence-electron chi connectivity index (χ0n) is 17.9. The van der Waals surface area contributed by atoms with Gasteiger partial charge in [0.15, 0.2) is 0 Å². The van der Waals surface area contributed by atoms with Gasteiger partial charge < -0.3 is 5.32 Å². The molecule has 1 N–H and O–H groups in total. The number of rotatable bonds is 7. The van der Waals surface area contributed by atoms with E-state index in [-0.39, 0.29) is 17.9 Å². The summed E-state index contributed by atoms with van der Waals surface area (Å²) >= 11 is 6.08. The average molecular weight is 433 g/mol. The zero-order valence-corrected chi connectivity index (χ0v) is 18.7. The lowest BCUT2D eigenvalue weighted by atomic mass is 9.80. The Labute approximate surface area is 189 Å². The first-order valence-corrected chi connectivity index (χ1v) is 11.5. The number of carbonyl (C=O) groups is 1. The van der Waals surface area contributed by atoms with E-state index in [1.165, 1.54) is 11.1 Å². The van der Waals surface area contributed by atoms with Gasteiger partial charge in [-0.2, -0.15) is 0 Å². The molecule has 1 amide bonds. The molecule has 3 aromatic rings. The molecule has 2 unspecified atom stereocenters. The first-order valence-electron chi connectivity index (χ1n) is 11.1. The highest BCUT2D eigenvalue weighted by molar-refractivity contribution is 6.30. The van der Waals surface area contributed by atoms with Gasteiger partial charge in [0.2, 0.25) is 5.91 Å². The third-order valence-electron chi connectivity index (χ3n) is 6.61. The third kappa shape index (κ3) is 4.83. The van der Waals surface area contributed by atoms with Crippen molar-refractivity contribution in [2.45, 2.75) is 56.4 Å². The lowest BCUT2D eigenvalue weighted by Crippen LogP contribution is -2.48. The van der Waals surface area contributed by atoms with Crippen molar-refractivity contribution in [1.82, 2.24) is 10.3 Å². The smallest absolute Gasteiger partial charge is 0.232 e. The molecular weight excluding hydrogens is 404 g/mol. The number of benzene rings is 2. The van der Waals surface area contributed by atoms with Crippen molar-refractivity contribution < 1.29 is 4.79 Å². The van der Waals surface area contributed by atoms with E-state index in [0.29, 0.717) is 0 Å². The maximum atomic E-state index is 13.6. The second kappa shape index (κ2) is 9.65. The number of hydrogen-bond acceptors (Lipinski definition) is 2.